The molecule has 0 aliphatic carbocycles. The first-order valence-corrected chi connectivity index (χ1v) is 13.1. The fourth-order valence-electron chi connectivity index (χ4n) is 5.27. The Morgan fingerprint density at radius 1 is 1.00 bits per heavy atom. The molecule has 2 atom stereocenters. The minimum Gasteiger partial charge on any atom is -0.488 e. The number of nitrogens with two attached hydrogens (primary N) is 2. The van der Waals surface area contributed by atoms with E-state index in [1.54, 1.807) is 6.20 Å². The Hall–Kier alpha value is -3.72. The Balaban J connectivity index is 1.27. The zero-order chi connectivity index (χ0) is 26.2. The largest absolute Gasteiger partial charge is 0.488 e. The number of anilines is 1. The van der Waals surface area contributed by atoms with E-state index in [2.05, 4.69) is 50.4 Å². The van der Waals surface area contributed by atoms with Crippen LogP contribution in [0.5, 0.6) is 5.75 Å². The Bertz CT molecular complexity index is 1480. The lowest BCUT2D eigenvalue weighted by molar-refractivity contribution is 0.228. The normalized spacial score (nSPS) is 18.6. The van der Waals surface area contributed by atoms with E-state index in [4.69, 9.17) is 39.4 Å². The van der Waals surface area contributed by atoms with Crippen LogP contribution in [0.4, 0.5) is 11.5 Å². The first kappa shape index (κ1) is 24.6. The zero-order valence-corrected chi connectivity index (χ0v) is 22.0. The van der Waals surface area contributed by atoms with Crippen LogP contribution in [0.2, 0.25) is 10.0 Å². The lowest BCUT2D eigenvalue weighted by Crippen LogP contribution is -2.56. The molecule has 0 saturated carbocycles. The maximum atomic E-state index is 6.66. The van der Waals surface area contributed by atoms with Crippen LogP contribution in [-0.2, 0) is 19.6 Å². The van der Waals surface area contributed by atoms with E-state index in [1.165, 1.54) is 11.3 Å². The second-order valence-corrected chi connectivity index (χ2v) is 10.3. The highest BCUT2D eigenvalue weighted by Crippen LogP contribution is 2.36. The molecule has 3 aromatic carbocycles. The fraction of sp³-hybridized carbons (Fsp3) is 0.214. The van der Waals surface area contributed by atoms with Crippen LogP contribution in [0.25, 0.3) is 0 Å². The van der Waals surface area contributed by atoms with Gasteiger partial charge in [-0.15, -0.1) is 0 Å². The summed E-state index contributed by atoms with van der Waals surface area (Å²) in [6, 6.07) is 21.9. The number of benzene rings is 3. The summed E-state index contributed by atoms with van der Waals surface area (Å²) < 4.78 is 6.25. The van der Waals surface area contributed by atoms with Gasteiger partial charge in [0, 0.05) is 39.9 Å². The van der Waals surface area contributed by atoms with Crippen LogP contribution in [0.15, 0.2) is 77.9 Å². The van der Waals surface area contributed by atoms with Gasteiger partial charge in [-0.1, -0.05) is 65.7 Å². The summed E-state index contributed by atoms with van der Waals surface area (Å²) >= 11 is 12.7. The molecule has 0 radical (unpaired) electrons. The van der Waals surface area contributed by atoms with E-state index >= 15 is 0 Å². The summed E-state index contributed by atoms with van der Waals surface area (Å²) in [7, 11) is 0. The van der Waals surface area contributed by atoms with Crippen LogP contribution < -0.4 is 21.1 Å². The molecule has 0 fully saturated rings. The van der Waals surface area contributed by atoms with Crippen molar-refractivity contribution in [2.75, 3.05) is 11.4 Å². The SMILES string of the molecule is NC1=Nc2[nH]ncc2C(N)N1C1Cc2ccccc2N(Cc2ccccc2OCc2c(Cl)cccc2Cl)C1. The highest BCUT2D eigenvalue weighted by atomic mass is 35.5. The third-order valence-corrected chi connectivity index (χ3v) is 7.84. The zero-order valence-electron chi connectivity index (χ0n) is 20.5. The number of hydrogen-bond acceptors (Lipinski definition) is 7. The topological polar surface area (TPSA) is 109 Å². The third-order valence-electron chi connectivity index (χ3n) is 7.14. The molecule has 10 heteroatoms. The van der Waals surface area contributed by atoms with Crippen molar-refractivity contribution in [2.45, 2.75) is 31.8 Å². The number of guanidine groups is 1. The van der Waals surface area contributed by atoms with Gasteiger partial charge in [0.25, 0.3) is 0 Å². The van der Waals surface area contributed by atoms with E-state index < -0.39 is 6.17 Å². The number of fused-ring (bicyclic) bond motifs is 2. The van der Waals surface area contributed by atoms with Crippen molar-refractivity contribution in [2.24, 2.45) is 16.5 Å². The molecule has 2 unspecified atom stereocenters. The number of nitrogens with zero attached hydrogens (tertiary/aromatic N) is 4. The van der Waals surface area contributed by atoms with Crippen molar-refractivity contribution in [1.29, 1.82) is 0 Å². The Kier molecular flexibility index (Phi) is 6.61. The monoisotopic (exact) mass is 547 g/mol. The van der Waals surface area contributed by atoms with Crippen LogP contribution in [0.3, 0.4) is 0 Å². The van der Waals surface area contributed by atoms with Crippen molar-refractivity contribution < 1.29 is 4.74 Å². The van der Waals surface area contributed by atoms with E-state index in [0.29, 0.717) is 34.9 Å². The lowest BCUT2D eigenvalue weighted by atomic mass is 9.95. The molecular formula is C28H27Cl2N7O. The molecule has 4 aromatic rings. The van der Waals surface area contributed by atoms with Gasteiger partial charge in [-0.25, -0.2) is 0 Å². The van der Waals surface area contributed by atoms with Crippen LogP contribution in [0, 0.1) is 0 Å². The molecule has 0 amide bonds. The predicted molar refractivity (Wildman–Crippen MR) is 151 cm³/mol. The van der Waals surface area contributed by atoms with Gasteiger partial charge < -0.3 is 26.0 Å². The summed E-state index contributed by atoms with van der Waals surface area (Å²) in [4.78, 5) is 8.87. The summed E-state index contributed by atoms with van der Waals surface area (Å²) in [5, 5.41) is 8.14. The second-order valence-electron chi connectivity index (χ2n) is 9.46. The minimum absolute atomic E-state index is 0.0155. The number of ether oxygens (including phenoxy) is 1. The second kappa shape index (κ2) is 10.2. The molecule has 38 heavy (non-hydrogen) atoms. The number of aromatic amines is 1. The van der Waals surface area contributed by atoms with Gasteiger partial charge in [-0.05, 0) is 36.2 Å². The van der Waals surface area contributed by atoms with E-state index in [9.17, 15) is 0 Å². The van der Waals surface area contributed by atoms with E-state index in [-0.39, 0.29) is 12.6 Å². The van der Waals surface area contributed by atoms with Crippen LogP contribution in [0.1, 0.15) is 28.4 Å². The molecule has 0 spiro atoms. The highest BCUT2D eigenvalue weighted by Gasteiger charge is 2.36. The third kappa shape index (κ3) is 4.55. The van der Waals surface area contributed by atoms with Crippen LogP contribution >= 0.6 is 23.2 Å². The van der Waals surface area contributed by atoms with Gasteiger partial charge in [-0.3, -0.25) is 5.10 Å². The lowest BCUT2D eigenvalue weighted by Gasteiger charge is -2.44. The number of halogens is 2. The summed E-state index contributed by atoms with van der Waals surface area (Å²) in [6.07, 6.45) is 2.08. The first-order valence-electron chi connectivity index (χ1n) is 12.4. The number of H-pyrrole nitrogens is 1. The minimum atomic E-state index is -0.436. The molecule has 5 N–H and O–H groups in total. The van der Waals surface area contributed by atoms with Gasteiger partial charge >= 0.3 is 0 Å². The van der Waals surface area contributed by atoms with Crippen molar-refractivity contribution in [3.8, 4) is 5.75 Å². The molecule has 6 rings (SSSR count). The molecule has 2 aliphatic heterocycles. The van der Waals surface area contributed by atoms with E-state index in [0.717, 1.165) is 28.9 Å². The van der Waals surface area contributed by atoms with Gasteiger partial charge in [0.2, 0.25) is 0 Å². The van der Waals surface area contributed by atoms with E-state index in [1.807, 2.05) is 41.3 Å². The Morgan fingerprint density at radius 3 is 2.61 bits per heavy atom. The molecule has 1 aromatic heterocycles. The number of rotatable bonds is 6. The standard InChI is InChI=1S/C28H27Cl2N7O/c29-22-8-5-9-23(30)21(22)16-38-25-11-4-2-7-18(25)14-36-15-19(12-17-6-1-3-10-24(17)36)37-26(31)20-13-33-35-27(20)34-28(37)32/h1-11,13,19,26H,12,14-16,31H2,(H3,32,33,34,35). The highest BCUT2D eigenvalue weighted by molar-refractivity contribution is 6.35. The van der Waals surface area contributed by atoms with Gasteiger partial charge in [0.15, 0.2) is 11.8 Å². The molecule has 0 saturated heterocycles. The smallest absolute Gasteiger partial charge is 0.199 e. The summed E-state index contributed by atoms with van der Waals surface area (Å²) in [5.41, 5.74) is 18.1. The van der Waals surface area contributed by atoms with Gasteiger partial charge in [0.05, 0.1) is 17.8 Å². The Morgan fingerprint density at radius 2 is 1.76 bits per heavy atom. The number of para-hydroxylation sites is 2. The van der Waals surface area contributed by atoms with Crippen molar-refractivity contribution in [3.05, 3.63) is 105 Å². The number of nitrogens with one attached hydrogen (secondary N) is 1. The maximum absolute atomic E-state index is 6.66. The van der Waals surface area contributed by atoms with Gasteiger partial charge in [-0.2, -0.15) is 10.1 Å². The molecule has 8 nitrogen and oxygen atoms in total. The summed E-state index contributed by atoms with van der Waals surface area (Å²) in [5.74, 6) is 1.78. The predicted octanol–water partition coefficient (Wildman–Crippen LogP) is 5.15. The molecular weight excluding hydrogens is 521 g/mol. The van der Waals surface area contributed by atoms with Gasteiger partial charge in [0.1, 0.15) is 18.5 Å². The molecule has 0 bridgehead atoms. The summed E-state index contributed by atoms with van der Waals surface area (Å²) in [6.45, 7) is 1.62. The van der Waals surface area contributed by atoms with Crippen molar-refractivity contribution >= 4 is 40.7 Å². The molecule has 3 heterocycles. The average Bonchev–Trinajstić information content (AvgIpc) is 3.38. The maximum Gasteiger partial charge on any atom is 0.199 e. The average molecular weight is 548 g/mol. The fourth-order valence-corrected chi connectivity index (χ4v) is 5.78. The first-order chi connectivity index (χ1) is 18.5. The van der Waals surface area contributed by atoms with Crippen molar-refractivity contribution in [1.82, 2.24) is 15.1 Å². The quantitative estimate of drug-likeness (QED) is 0.308. The Labute approximate surface area is 230 Å². The van der Waals surface area contributed by atoms with Crippen LogP contribution in [-0.4, -0.2) is 33.6 Å². The van der Waals surface area contributed by atoms with Crippen molar-refractivity contribution in [3.63, 3.8) is 0 Å². The molecule has 194 valence electrons. The molecule has 2 aliphatic rings. The number of aromatic nitrogens is 2. The number of aliphatic imine (C=N–C) groups is 1. The number of hydrogen-bond donors (Lipinski definition) is 3.